The summed E-state index contributed by atoms with van der Waals surface area (Å²) in [6.45, 7) is 2.61. The first-order valence-electron chi connectivity index (χ1n) is 6.58. The molecule has 20 heavy (non-hydrogen) atoms. The first-order valence-corrected chi connectivity index (χ1v) is 7.73. The minimum atomic E-state index is -0.391. The van der Waals surface area contributed by atoms with Crippen molar-refractivity contribution in [2.24, 2.45) is 0 Å². The molecule has 0 aliphatic carbocycles. The largest absolute Gasteiger partial charge is 0.464 e. The fourth-order valence-electron chi connectivity index (χ4n) is 1.77. The summed E-state index contributed by atoms with van der Waals surface area (Å²) in [5.41, 5.74) is 0.821. The van der Waals surface area contributed by atoms with Crippen LogP contribution in [0.3, 0.4) is 0 Å². The summed E-state index contributed by atoms with van der Waals surface area (Å²) in [6, 6.07) is 4.03. The molecule has 1 aromatic heterocycles. The number of rotatable bonds is 9. The van der Waals surface area contributed by atoms with Gasteiger partial charge in [-0.05, 0) is 57.3 Å². The average Bonchev–Trinajstić information content (AvgIpc) is 2.74. The monoisotopic (exact) mass is 298 g/mol. The molecule has 0 saturated carbocycles. The van der Waals surface area contributed by atoms with Crippen LogP contribution < -0.4 is 0 Å². The van der Waals surface area contributed by atoms with Crippen LogP contribution in [0.25, 0.3) is 0 Å². The smallest absolute Gasteiger partial charge is 0.233 e. The number of allylic oxidation sites excluding steroid dienone is 1. The van der Waals surface area contributed by atoms with Gasteiger partial charge >= 0.3 is 0 Å². The van der Waals surface area contributed by atoms with Crippen LogP contribution in [0.5, 0.6) is 0 Å². The quantitative estimate of drug-likeness (QED) is 0.396. The van der Waals surface area contributed by atoms with Crippen LogP contribution in [0, 0.1) is 10.1 Å². The molecule has 0 aliphatic rings. The molecule has 5 nitrogen and oxygen atoms in total. The summed E-state index contributed by atoms with van der Waals surface area (Å²) in [4.78, 5) is 11.9. The molecule has 0 amide bonds. The molecule has 0 radical (unpaired) electrons. The summed E-state index contributed by atoms with van der Waals surface area (Å²) in [7, 11) is 4.02. The second kappa shape index (κ2) is 8.81. The molecule has 0 atom stereocenters. The van der Waals surface area contributed by atoms with Gasteiger partial charge in [-0.2, -0.15) is 11.8 Å². The Morgan fingerprint density at radius 3 is 2.80 bits per heavy atom. The number of furan rings is 1. The zero-order valence-electron chi connectivity index (χ0n) is 12.3. The molecule has 0 bridgehead atoms. The van der Waals surface area contributed by atoms with Gasteiger partial charge in [-0.3, -0.25) is 10.1 Å². The highest BCUT2D eigenvalue weighted by molar-refractivity contribution is 7.98. The lowest BCUT2D eigenvalue weighted by atomic mass is 10.2. The van der Waals surface area contributed by atoms with E-state index < -0.39 is 4.92 Å². The Hall–Kier alpha value is -1.27. The molecular weight excluding hydrogens is 276 g/mol. The highest BCUT2D eigenvalue weighted by Crippen LogP contribution is 2.18. The number of hydrogen-bond acceptors (Lipinski definition) is 5. The van der Waals surface area contributed by atoms with Crippen LogP contribution in [0.15, 0.2) is 28.3 Å². The van der Waals surface area contributed by atoms with E-state index in [4.69, 9.17) is 4.42 Å². The van der Waals surface area contributed by atoms with Crippen molar-refractivity contribution >= 4 is 11.8 Å². The molecular formula is C14H22N2O3S. The molecule has 0 fully saturated rings. The Labute approximate surface area is 124 Å². The maximum absolute atomic E-state index is 10.3. The maximum atomic E-state index is 10.3. The standard InChI is InChI=1S/C14H22N2O3S/c1-12(9-16(17)18)5-4-8-20-11-14-7-6-13(19-14)10-15(2)3/h6-7,9H,4-5,8,10-11H2,1-3H3/b12-9+. The molecule has 1 aromatic rings. The van der Waals surface area contributed by atoms with E-state index in [1.165, 1.54) is 0 Å². The first kappa shape index (κ1) is 16.8. The van der Waals surface area contributed by atoms with E-state index in [-0.39, 0.29) is 0 Å². The molecule has 0 unspecified atom stereocenters. The van der Waals surface area contributed by atoms with Gasteiger partial charge in [0, 0.05) is 0 Å². The Balaban J connectivity index is 2.18. The van der Waals surface area contributed by atoms with Gasteiger partial charge in [0.15, 0.2) is 0 Å². The van der Waals surface area contributed by atoms with Crippen molar-refractivity contribution in [1.82, 2.24) is 4.90 Å². The van der Waals surface area contributed by atoms with E-state index in [9.17, 15) is 10.1 Å². The Bertz CT molecular complexity index is 455. The van der Waals surface area contributed by atoms with Gasteiger partial charge in [-0.15, -0.1) is 0 Å². The maximum Gasteiger partial charge on any atom is 0.233 e. The molecule has 0 aliphatic heterocycles. The van der Waals surface area contributed by atoms with Crippen molar-refractivity contribution in [3.8, 4) is 0 Å². The number of hydrogen-bond donors (Lipinski definition) is 0. The van der Waals surface area contributed by atoms with E-state index in [2.05, 4.69) is 4.90 Å². The van der Waals surface area contributed by atoms with Gasteiger partial charge in [-0.25, -0.2) is 0 Å². The van der Waals surface area contributed by atoms with Gasteiger partial charge in [0.25, 0.3) is 0 Å². The van der Waals surface area contributed by atoms with E-state index >= 15 is 0 Å². The van der Waals surface area contributed by atoms with Crippen LogP contribution in [0.2, 0.25) is 0 Å². The zero-order chi connectivity index (χ0) is 15.0. The van der Waals surface area contributed by atoms with Gasteiger partial charge < -0.3 is 9.32 Å². The van der Waals surface area contributed by atoms with Crippen molar-refractivity contribution < 1.29 is 9.34 Å². The molecule has 1 heterocycles. The van der Waals surface area contributed by atoms with E-state index in [1.54, 1.807) is 18.7 Å². The van der Waals surface area contributed by atoms with Gasteiger partial charge in [0.05, 0.1) is 17.2 Å². The lowest BCUT2D eigenvalue weighted by molar-refractivity contribution is -0.403. The fourth-order valence-corrected chi connectivity index (χ4v) is 2.62. The summed E-state index contributed by atoms with van der Waals surface area (Å²) in [5, 5.41) is 10.3. The summed E-state index contributed by atoms with van der Waals surface area (Å²) in [6.07, 6.45) is 2.81. The molecule has 0 N–H and O–H groups in total. The molecule has 1 rings (SSSR count). The summed E-state index contributed by atoms with van der Waals surface area (Å²) < 4.78 is 5.71. The zero-order valence-corrected chi connectivity index (χ0v) is 13.1. The topological polar surface area (TPSA) is 59.5 Å². The van der Waals surface area contributed by atoms with E-state index in [1.807, 2.05) is 26.2 Å². The van der Waals surface area contributed by atoms with Crippen LogP contribution in [-0.4, -0.2) is 29.7 Å². The first-order chi connectivity index (χ1) is 9.47. The van der Waals surface area contributed by atoms with E-state index in [0.717, 1.165) is 54.2 Å². The van der Waals surface area contributed by atoms with Gasteiger partial charge in [0.2, 0.25) is 6.20 Å². The predicted octanol–water partition coefficient (Wildman–Crippen LogP) is 3.54. The van der Waals surface area contributed by atoms with Crippen molar-refractivity contribution in [2.75, 3.05) is 19.8 Å². The molecule has 0 saturated heterocycles. The van der Waals surface area contributed by atoms with Crippen molar-refractivity contribution in [2.45, 2.75) is 32.1 Å². The molecule has 112 valence electrons. The van der Waals surface area contributed by atoms with Gasteiger partial charge in [0.1, 0.15) is 11.5 Å². The van der Waals surface area contributed by atoms with Crippen molar-refractivity contribution in [1.29, 1.82) is 0 Å². The third-order valence-corrected chi connectivity index (χ3v) is 3.69. The SMILES string of the molecule is C/C(=C\[N+](=O)[O-])CCCSCc1ccc(CN(C)C)o1. The fraction of sp³-hybridized carbons (Fsp3) is 0.571. The van der Waals surface area contributed by atoms with E-state index in [0.29, 0.717) is 0 Å². The van der Waals surface area contributed by atoms with Crippen molar-refractivity contribution in [3.05, 3.63) is 45.5 Å². The summed E-state index contributed by atoms with van der Waals surface area (Å²) in [5.74, 6) is 3.80. The molecule has 6 heteroatoms. The average molecular weight is 298 g/mol. The van der Waals surface area contributed by atoms with Gasteiger partial charge in [-0.1, -0.05) is 0 Å². The Kier molecular flexibility index (Phi) is 7.40. The highest BCUT2D eigenvalue weighted by Gasteiger charge is 2.03. The third-order valence-electron chi connectivity index (χ3n) is 2.62. The van der Waals surface area contributed by atoms with Crippen LogP contribution in [-0.2, 0) is 12.3 Å². The Morgan fingerprint density at radius 1 is 1.45 bits per heavy atom. The van der Waals surface area contributed by atoms with Crippen LogP contribution >= 0.6 is 11.8 Å². The van der Waals surface area contributed by atoms with Crippen LogP contribution in [0.1, 0.15) is 31.3 Å². The molecule has 0 spiro atoms. The number of thioether (sulfide) groups is 1. The summed E-state index contributed by atoms with van der Waals surface area (Å²) >= 11 is 1.80. The minimum absolute atomic E-state index is 0.391. The van der Waals surface area contributed by atoms with Crippen LogP contribution in [0.4, 0.5) is 0 Å². The number of nitro groups is 1. The second-order valence-electron chi connectivity index (χ2n) is 5.02. The lowest BCUT2D eigenvalue weighted by Crippen LogP contribution is -2.09. The normalized spacial score (nSPS) is 12.1. The lowest BCUT2D eigenvalue weighted by Gasteiger charge is -2.05. The minimum Gasteiger partial charge on any atom is -0.464 e. The Morgan fingerprint density at radius 2 is 2.15 bits per heavy atom. The highest BCUT2D eigenvalue weighted by atomic mass is 32.2. The molecule has 0 aromatic carbocycles. The van der Waals surface area contributed by atoms with Crippen molar-refractivity contribution in [3.63, 3.8) is 0 Å². The predicted molar refractivity (Wildman–Crippen MR) is 82.2 cm³/mol. The second-order valence-corrected chi connectivity index (χ2v) is 6.13. The third kappa shape index (κ3) is 7.35. The number of nitrogens with zero attached hydrogens (tertiary/aromatic N) is 2.